The molecule has 0 rings (SSSR count). The Morgan fingerprint density at radius 3 is 1.36 bits per heavy atom. The lowest BCUT2D eigenvalue weighted by molar-refractivity contribution is -0.910. The van der Waals surface area contributed by atoms with Crippen LogP contribution in [-0.4, -0.2) is 74.5 Å². The normalized spacial score (nSPS) is 17.4. The summed E-state index contributed by atoms with van der Waals surface area (Å²) in [6.07, 6.45) is 14.7. The van der Waals surface area contributed by atoms with Crippen LogP contribution < -0.4 is 0 Å². The highest BCUT2D eigenvalue weighted by Crippen LogP contribution is 2.27. The van der Waals surface area contributed by atoms with Gasteiger partial charge >= 0.3 is 0 Å². The molecule has 3 atom stereocenters. The van der Waals surface area contributed by atoms with Gasteiger partial charge in [0.05, 0.1) is 48.4 Å². The van der Waals surface area contributed by atoms with E-state index in [1.165, 1.54) is 64.2 Å². The van der Waals surface area contributed by atoms with Crippen molar-refractivity contribution in [3.05, 3.63) is 0 Å². The van der Waals surface area contributed by atoms with Gasteiger partial charge in [0.1, 0.15) is 0 Å². The van der Waals surface area contributed by atoms with E-state index in [-0.39, 0.29) is 23.2 Å². The summed E-state index contributed by atoms with van der Waals surface area (Å²) in [6, 6.07) is 0. The third-order valence-electron chi connectivity index (χ3n) is 5.38. The first-order chi connectivity index (χ1) is 12.9. The summed E-state index contributed by atoms with van der Waals surface area (Å²) in [6.45, 7) is 4.44. The predicted molar refractivity (Wildman–Crippen MR) is 126 cm³/mol. The van der Waals surface area contributed by atoms with Crippen molar-refractivity contribution in [3.63, 3.8) is 0 Å². The van der Waals surface area contributed by atoms with Crippen LogP contribution in [-0.2, 0) is 4.74 Å². The van der Waals surface area contributed by atoms with Crippen LogP contribution in [0.5, 0.6) is 0 Å². The fraction of sp³-hybridized carbons (Fsp3) is 1.00. The Hall–Kier alpha value is 0.460. The Kier molecular flexibility index (Phi) is 14.7. The first-order valence-electron chi connectivity index (χ1n) is 11.5. The number of likely N-dealkylation sites (N-methyl/N-ethyl adjacent to an activating group) is 2. The number of ether oxygens (including phenoxy) is 1. The van der Waals surface area contributed by atoms with Crippen LogP contribution in [0.1, 0.15) is 84.5 Å². The Bertz CT molecular complexity index is 360. The zero-order chi connectivity index (χ0) is 21.8. The van der Waals surface area contributed by atoms with Gasteiger partial charge in [0.2, 0.25) is 0 Å². The Morgan fingerprint density at radius 1 is 0.643 bits per heavy atom. The molecule has 0 radical (unpaired) electrons. The number of halogens is 2. The molecule has 3 unspecified atom stereocenters. The second-order valence-corrected chi connectivity index (χ2v) is 11.3. The molecule has 170 valence electrons. The van der Waals surface area contributed by atoms with Gasteiger partial charge in [-0.2, -0.15) is 0 Å². The molecule has 0 aromatic heterocycles. The van der Waals surface area contributed by atoms with E-state index in [0.717, 1.165) is 6.42 Å². The van der Waals surface area contributed by atoms with Crippen molar-refractivity contribution in [1.82, 2.24) is 0 Å². The molecule has 0 bridgehead atoms. The van der Waals surface area contributed by atoms with Gasteiger partial charge in [-0.25, -0.2) is 0 Å². The molecule has 0 amide bonds. The zero-order valence-corrected chi connectivity index (χ0v) is 21.7. The molecule has 0 saturated heterocycles. The van der Waals surface area contributed by atoms with E-state index in [4.69, 9.17) is 27.9 Å². The van der Waals surface area contributed by atoms with Gasteiger partial charge in [0.25, 0.3) is 0 Å². The van der Waals surface area contributed by atoms with Gasteiger partial charge in [-0.1, -0.05) is 94.3 Å². The maximum atomic E-state index is 6.78. The molecule has 3 nitrogen and oxygen atoms in total. The fourth-order valence-corrected chi connectivity index (χ4v) is 3.87. The first-order valence-corrected chi connectivity index (χ1v) is 12.3. The highest BCUT2D eigenvalue weighted by molar-refractivity contribution is 6.23. The highest BCUT2D eigenvalue weighted by Gasteiger charge is 2.43. The van der Waals surface area contributed by atoms with Gasteiger partial charge in [-0.3, -0.25) is 0 Å². The van der Waals surface area contributed by atoms with Crippen LogP contribution in [0.4, 0.5) is 0 Å². The predicted octanol–water partition coefficient (Wildman–Crippen LogP) is 6.61. The highest BCUT2D eigenvalue weighted by atomic mass is 35.5. The van der Waals surface area contributed by atoms with Crippen LogP contribution in [0.2, 0.25) is 0 Å². The largest absolute Gasteiger partial charge is 0.360 e. The summed E-state index contributed by atoms with van der Waals surface area (Å²) in [5.74, 6) is 0. The molecule has 0 heterocycles. The van der Waals surface area contributed by atoms with Crippen molar-refractivity contribution in [3.8, 4) is 0 Å². The van der Waals surface area contributed by atoms with Crippen LogP contribution in [0.15, 0.2) is 0 Å². The average molecular weight is 442 g/mol. The molecule has 0 saturated carbocycles. The smallest absolute Gasteiger partial charge is 0.198 e. The van der Waals surface area contributed by atoms with Crippen molar-refractivity contribution in [2.75, 3.05) is 42.3 Å². The van der Waals surface area contributed by atoms with E-state index in [9.17, 15) is 0 Å². The lowest BCUT2D eigenvalue weighted by Gasteiger charge is -2.41. The number of alkyl halides is 2. The molecule has 0 aliphatic rings. The first kappa shape index (κ1) is 28.5. The van der Waals surface area contributed by atoms with E-state index < -0.39 is 0 Å². The second-order valence-electron chi connectivity index (χ2n) is 10.4. The van der Waals surface area contributed by atoms with Crippen molar-refractivity contribution in [2.45, 2.75) is 108 Å². The monoisotopic (exact) mass is 440 g/mol. The quantitative estimate of drug-likeness (QED) is 0.107. The Labute approximate surface area is 186 Å². The number of hydrogen-bond acceptors (Lipinski definition) is 1. The van der Waals surface area contributed by atoms with E-state index in [2.05, 4.69) is 56.1 Å². The average Bonchev–Trinajstić information content (AvgIpc) is 2.58. The maximum absolute atomic E-state index is 6.78. The summed E-state index contributed by atoms with van der Waals surface area (Å²) < 4.78 is 7.67. The standard InChI is InChI=1S/C23H50Cl2N2O/c1-9-10-11-12-13-14-15-16-17-18-19-20(2)28-21(22(24)26(3,4)5)23(25)27(6,7)8/h20-23H,9-19H2,1-8H3/q+2. The number of quaternary nitrogens is 2. The van der Waals surface area contributed by atoms with Crippen LogP contribution in [0.3, 0.4) is 0 Å². The Morgan fingerprint density at radius 2 is 1.00 bits per heavy atom. The zero-order valence-electron chi connectivity index (χ0n) is 20.1. The molecule has 0 N–H and O–H groups in total. The minimum atomic E-state index is -0.193. The van der Waals surface area contributed by atoms with Crippen LogP contribution >= 0.6 is 23.2 Å². The minimum absolute atomic E-state index is 0.180. The van der Waals surface area contributed by atoms with Crippen molar-refractivity contribution >= 4 is 23.2 Å². The number of rotatable bonds is 17. The number of hydrogen-bond donors (Lipinski definition) is 0. The summed E-state index contributed by atoms with van der Waals surface area (Å²) in [5.41, 5.74) is -0.370. The van der Waals surface area contributed by atoms with E-state index in [0.29, 0.717) is 8.97 Å². The molecule has 0 aliphatic heterocycles. The molecule has 0 aromatic rings. The van der Waals surface area contributed by atoms with Gasteiger partial charge in [-0.15, -0.1) is 0 Å². The SMILES string of the molecule is CCCCCCCCCCCCC(C)OC(C(Cl)[N+](C)(C)C)C(Cl)[N+](C)(C)C. The van der Waals surface area contributed by atoms with Crippen molar-refractivity contribution < 1.29 is 13.7 Å². The lowest BCUT2D eigenvalue weighted by Crippen LogP contribution is -2.59. The van der Waals surface area contributed by atoms with E-state index in [1.54, 1.807) is 0 Å². The lowest BCUT2D eigenvalue weighted by atomic mass is 10.0. The molecule has 28 heavy (non-hydrogen) atoms. The van der Waals surface area contributed by atoms with E-state index in [1.807, 2.05) is 0 Å². The Balaban J connectivity index is 4.23. The molecule has 0 aliphatic carbocycles. The van der Waals surface area contributed by atoms with Crippen molar-refractivity contribution in [1.29, 1.82) is 0 Å². The molecule has 0 spiro atoms. The van der Waals surface area contributed by atoms with Crippen LogP contribution in [0, 0.1) is 0 Å². The third kappa shape index (κ3) is 12.9. The third-order valence-corrected chi connectivity index (χ3v) is 7.04. The minimum Gasteiger partial charge on any atom is -0.360 e. The molecular weight excluding hydrogens is 391 g/mol. The van der Waals surface area contributed by atoms with E-state index >= 15 is 0 Å². The summed E-state index contributed by atoms with van der Waals surface area (Å²) in [5, 5.41) is 0. The molecule has 5 heteroatoms. The number of unbranched alkanes of at least 4 members (excludes halogenated alkanes) is 9. The summed E-state index contributed by atoms with van der Waals surface area (Å²) in [4.78, 5) is 0. The maximum Gasteiger partial charge on any atom is 0.198 e. The van der Waals surface area contributed by atoms with Crippen LogP contribution in [0.25, 0.3) is 0 Å². The second kappa shape index (κ2) is 14.5. The van der Waals surface area contributed by atoms with Gasteiger partial charge in [-0.05, 0) is 13.3 Å². The number of nitrogens with zero attached hydrogens (tertiary/aromatic N) is 2. The summed E-state index contributed by atoms with van der Waals surface area (Å²) in [7, 11) is 12.6. The molecule has 0 aromatic carbocycles. The van der Waals surface area contributed by atoms with Crippen molar-refractivity contribution in [2.24, 2.45) is 0 Å². The van der Waals surface area contributed by atoms with Gasteiger partial charge < -0.3 is 13.7 Å². The molecule has 0 fully saturated rings. The fourth-order valence-electron chi connectivity index (χ4n) is 3.40. The van der Waals surface area contributed by atoms with Gasteiger partial charge in [0, 0.05) is 0 Å². The topological polar surface area (TPSA) is 9.23 Å². The molecular formula is C23H50Cl2N2O+2. The van der Waals surface area contributed by atoms with Gasteiger partial charge in [0.15, 0.2) is 17.1 Å². The summed E-state index contributed by atoms with van der Waals surface area (Å²) >= 11 is 13.6.